The summed E-state index contributed by atoms with van der Waals surface area (Å²) in [6.07, 6.45) is 23.0. The van der Waals surface area contributed by atoms with Gasteiger partial charge in [0, 0.05) is 0 Å². The fraction of sp³-hybridized carbons (Fsp3) is 0.793. The van der Waals surface area contributed by atoms with E-state index in [4.69, 9.17) is 0 Å². The van der Waals surface area contributed by atoms with E-state index in [2.05, 4.69) is 27.9 Å². The average Bonchev–Trinajstić information content (AvgIpc) is 2.77. The van der Waals surface area contributed by atoms with E-state index in [0.29, 0.717) is 0 Å². The minimum absolute atomic E-state index is 0.178. The third-order valence-electron chi connectivity index (χ3n) is 6.54. The first-order valence-corrected chi connectivity index (χ1v) is 15.4. The van der Waals surface area contributed by atoms with Crippen LogP contribution in [0.4, 0.5) is 0 Å². The monoisotopic (exact) mass is 497 g/mol. The molecule has 0 bridgehead atoms. The second kappa shape index (κ2) is 20.3. The molecule has 0 heterocycles. The van der Waals surface area contributed by atoms with Crippen molar-refractivity contribution in [2.75, 3.05) is 27.2 Å². The standard InChI is InChI=1S/C22H48N.C7H8O3S/c1-5-7-9-11-13-15-17-19-21-23(3,4)22-20-18-16-14-12-10-8-6-2;1-6-2-4-7(5-3-6)11(8,9)10/h5-22H2,1-4H3;2-5H,1H3,(H,8,9,10)/q+1;/p-1. The Bertz CT molecular complexity index is 662. The summed E-state index contributed by atoms with van der Waals surface area (Å²) in [5.74, 6) is 0. The number of quaternary nitrogens is 1. The number of benzene rings is 1. The van der Waals surface area contributed by atoms with Crippen molar-refractivity contribution >= 4 is 10.1 Å². The molecule has 0 amide bonds. The maximum atomic E-state index is 10.4. The van der Waals surface area contributed by atoms with Gasteiger partial charge in [-0.15, -0.1) is 0 Å². The first kappa shape index (κ1) is 33.1. The molecule has 0 unspecified atom stereocenters. The molecule has 0 spiro atoms. The SMILES string of the molecule is CCCCCCCCCC[N+](C)(C)CCCCCCCCCC.Cc1ccc(S(=O)(=O)[O-])cc1. The summed E-state index contributed by atoms with van der Waals surface area (Å²) < 4.78 is 32.4. The highest BCUT2D eigenvalue weighted by Crippen LogP contribution is 2.13. The van der Waals surface area contributed by atoms with Crippen LogP contribution in [-0.4, -0.2) is 44.6 Å². The molecule has 0 N–H and O–H groups in total. The van der Waals surface area contributed by atoms with Crippen LogP contribution in [0.5, 0.6) is 0 Å². The van der Waals surface area contributed by atoms with Gasteiger partial charge in [0.1, 0.15) is 10.1 Å². The van der Waals surface area contributed by atoms with Gasteiger partial charge in [0.15, 0.2) is 0 Å². The third-order valence-corrected chi connectivity index (χ3v) is 7.39. The van der Waals surface area contributed by atoms with Gasteiger partial charge < -0.3 is 9.04 Å². The quantitative estimate of drug-likeness (QED) is 0.110. The molecule has 0 aliphatic heterocycles. The maximum Gasteiger partial charge on any atom is 0.124 e. The van der Waals surface area contributed by atoms with Crippen molar-refractivity contribution in [2.24, 2.45) is 0 Å². The Morgan fingerprint density at radius 2 is 0.941 bits per heavy atom. The van der Waals surface area contributed by atoms with E-state index in [1.165, 1.54) is 132 Å². The number of hydrogen-bond acceptors (Lipinski definition) is 3. The van der Waals surface area contributed by atoms with E-state index in [1.54, 1.807) is 12.1 Å². The lowest BCUT2D eigenvalue weighted by Crippen LogP contribution is -2.41. The molecule has 0 aliphatic rings. The summed E-state index contributed by atoms with van der Waals surface area (Å²) >= 11 is 0. The molecular weight excluding hydrogens is 442 g/mol. The molecular formula is C29H55NO3S. The first-order valence-electron chi connectivity index (χ1n) is 14.0. The largest absolute Gasteiger partial charge is 0.744 e. The minimum atomic E-state index is -4.27. The highest BCUT2D eigenvalue weighted by Gasteiger charge is 2.13. The van der Waals surface area contributed by atoms with Crippen molar-refractivity contribution in [1.29, 1.82) is 0 Å². The van der Waals surface area contributed by atoms with E-state index in [0.717, 1.165) is 5.56 Å². The molecule has 0 aromatic heterocycles. The fourth-order valence-electron chi connectivity index (χ4n) is 4.16. The van der Waals surface area contributed by atoms with Crippen molar-refractivity contribution in [1.82, 2.24) is 0 Å². The molecule has 0 atom stereocenters. The number of hydrogen-bond donors (Lipinski definition) is 0. The third kappa shape index (κ3) is 20.5. The van der Waals surface area contributed by atoms with Crippen LogP contribution in [0, 0.1) is 6.92 Å². The van der Waals surface area contributed by atoms with E-state index in [9.17, 15) is 13.0 Å². The summed E-state index contributed by atoms with van der Waals surface area (Å²) in [5, 5.41) is 0. The smallest absolute Gasteiger partial charge is 0.124 e. The van der Waals surface area contributed by atoms with E-state index in [1.807, 2.05) is 6.92 Å². The number of nitrogens with zero attached hydrogens (tertiary/aromatic N) is 1. The van der Waals surface area contributed by atoms with E-state index in [-0.39, 0.29) is 4.90 Å². The Kier molecular flexibility index (Phi) is 19.8. The van der Waals surface area contributed by atoms with Gasteiger partial charge in [-0.05, 0) is 44.7 Å². The van der Waals surface area contributed by atoms with Crippen molar-refractivity contribution in [3.05, 3.63) is 29.8 Å². The molecule has 0 saturated heterocycles. The van der Waals surface area contributed by atoms with Crippen LogP contribution in [-0.2, 0) is 10.1 Å². The van der Waals surface area contributed by atoms with Gasteiger partial charge in [-0.2, -0.15) is 0 Å². The van der Waals surface area contributed by atoms with Gasteiger partial charge >= 0.3 is 0 Å². The molecule has 0 aliphatic carbocycles. The zero-order valence-corrected chi connectivity index (χ0v) is 23.9. The highest BCUT2D eigenvalue weighted by molar-refractivity contribution is 7.85. The minimum Gasteiger partial charge on any atom is -0.744 e. The lowest BCUT2D eigenvalue weighted by atomic mass is 10.1. The predicted octanol–water partition coefficient (Wildman–Crippen LogP) is 8.24. The lowest BCUT2D eigenvalue weighted by Gasteiger charge is -2.30. The molecule has 0 saturated carbocycles. The molecule has 1 aromatic carbocycles. The van der Waals surface area contributed by atoms with Crippen molar-refractivity contribution in [3.8, 4) is 0 Å². The van der Waals surface area contributed by atoms with Crippen LogP contribution in [0.2, 0.25) is 0 Å². The van der Waals surface area contributed by atoms with Crippen molar-refractivity contribution < 1.29 is 17.5 Å². The van der Waals surface area contributed by atoms with E-state index >= 15 is 0 Å². The van der Waals surface area contributed by atoms with Crippen LogP contribution in [0.1, 0.15) is 122 Å². The average molecular weight is 498 g/mol. The van der Waals surface area contributed by atoms with Gasteiger partial charge in [0.25, 0.3) is 0 Å². The van der Waals surface area contributed by atoms with Gasteiger partial charge in [0.2, 0.25) is 0 Å². The summed E-state index contributed by atoms with van der Waals surface area (Å²) in [6.45, 7) is 9.18. The molecule has 5 heteroatoms. The first-order chi connectivity index (χ1) is 16.1. The summed E-state index contributed by atoms with van der Waals surface area (Å²) in [5.41, 5.74) is 0.928. The Morgan fingerprint density at radius 1 is 0.618 bits per heavy atom. The normalized spacial score (nSPS) is 11.8. The molecule has 1 rings (SSSR count). The zero-order valence-electron chi connectivity index (χ0n) is 23.1. The Balaban J connectivity index is 0.000000818. The predicted molar refractivity (Wildman–Crippen MR) is 146 cm³/mol. The molecule has 1 aromatic rings. The summed E-state index contributed by atoms with van der Waals surface area (Å²) in [4.78, 5) is -0.178. The number of aryl methyl sites for hydroxylation is 1. The van der Waals surface area contributed by atoms with Crippen LogP contribution in [0.15, 0.2) is 29.2 Å². The van der Waals surface area contributed by atoms with Crippen LogP contribution in [0.25, 0.3) is 0 Å². The number of rotatable bonds is 19. The molecule has 4 nitrogen and oxygen atoms in total. The Hall–Kier alpha value is -0.910. The van der Waals surface area contributed by atoms with Crippen molar-refractivity contribution in [2.45, 2.75) is 128 Å². The second-order valence-corrected chi connectivity index (χ2v) is 12.0. The fourth-order valence-corrected chi connectivity index (χ4v) is 4.63. The topological polar surface area (TPSA) is 57.2 Å². The lowest BCUT2D eigenvalue weighted by molar-refractivity contribution is -0.890. The van der Waals surface area contributed by atoms with Crippen LogP contribution in [0.3, 0.4) is 0 Å². The molecule has 34 heavy (non-hydrogen) atoms. The highest BCUT2D eigenvalue weighted by atomic mass is 32.2. The van der Waals surface area contributed by atoms with E-state index < -0.39 is 10.1 Å². The van der Waals surface area contributed by atoms with Gasteiger partial charge in [-0.1, -0.05) is 109 Å². The molecule has 200 valence electrons. The second-order valence-electron chi connectivity index (χ2n) is 10.6. The van der Waals surface area contributed by atoms with Gasteiger partial charge in [-0.25, -0.2) is 8.42 Å². The molecule has 0 fully saturated rings. The van der Waals surface area contributed by atoms with Crippen LogP contribution < -0.4 is 0 Å². The van der Waals surface area contributed by atoms with Gasteiger partial charge in [0.05, 0.1) is 32.1 Å². The molecule has 0 radical (unpaired) electrons. The Morgan fingerprint density at radius 3 is 1.26 bits per heavy atom. The summed E-state index contributed by atoms with van der Waals surface area (Å²) in [7, 11) is 0.596. The summed E-state index contributed by atoms with van der Waals surface area (Å²) in [6, 6.07) is 5.78. The van der Waals surface area contributed by atoms with Crippen LogP contribution >= 0.6 is 0 Å². The zero-order chi connectivity index (χ0) is 25.7. The van der Waals surface area contributed by atoms with Gasteiger partial charge in [-0.3, -0.25) is 0 Å². The maximum absolute atomic E-state index is 10.4. The van der Waals surface area contributed by atoms with Crippen molar-refractivity contribution in [3.63, 3.8) is 0 Å². The number of unbranched alkanes of at least 4 members (excludes halogenated alkanes) is 14. The Labute approximate surface area is 212 Å².